The molecule has 27 heavy (non-hydrogen) atoms. The highest BCUT2D eigenvalue weighted by Crippen LogP contribution is 2.18. The molecule has 0 saturated carbocycles. The summed E-state index contributed by atoms with van der Waals surface area (Å²) in [5, 5.41) is 10.0. The van der Waals surface area contributed by atoms with Crippen molar-refractivity contribution in [1.82, 2.24) is 4.98 Å². The lowest BCUT2D eigenvalue weighted by molar-refractivity contribution is 0.437. The molecule has 0 aliphatic heterocycles. The maximum atomic E-state index is 12.1. The van der Waals surface area contributed by atoms with E-state index in [2.05, 4.69) is 4.98 Å². The highest BCUT2D eigenvalue weighted by molar-refractivity contribution is 7.91. The van der Waals surface area contributed by atoms with Gasteiger partial charge in [0.15, 0.2) is 21.1 Å². The summed E-state index contributed by atoms with van der Waals surface area (Å²) in [6.07, 6.45) is 4.28. The van der Waals surface area contributed by atoms with Gasteiger partial charge in [-0.3, -0.25) is 0 Å². The smallest absolute Gasteiger partial charge is 0.362 e. The molecule has 0 saturated heterocycles. The number of hydrogen-bond donors (Lipinski definition) is 1. The molecular formula is C20H17NO5S. The van der Waals surface area contributed by atoms with E-state index in [1.165, 1.54) is 30.4 Å². The Labute approximate surface area is 156 Å². The highest BCUT2D eigenvalue weighted by Gasteiger charge is 2.14. The van der Waals surface area contributed by atoms with Crippen molar-refractivity contribution < 1.29 is 17.9 Å². The van der Waals surface area contributed by atoms with E-state index in [4.69, 9.17) is 4.42 Å². The van der Waals surface area contributed by atoms with Crippen LogP contribution >= 0.6 is 0 Å². The topological polar surface area (TPSA) is 97.5 Å². The van der Waals surface area contributed by atoms with Crippen LogP contribution in [-0.2, 0) is 9.84 Å². The summed E-state index contributed by atoms with van der Waals surface area (Å²) in [7, 11) is -3.41. The van der Waals surface area contributed by atoms with Crippen molar-refractivity contribution in [2.45, 2.75) is 11.8 Å². The van der Waals surface area contributed by atoms with Gasteiger partial charge in [0.05, 0.1) is 10.6 Å². The summed E-state index contributed by atoms with van der Waals surface area (Å²) in [5.74, 6) is -0.233. The van der Waals surface area contributed by atoms with E-state index in [-0.39, 0.29) is 33.2 Å². The Morgan fingerprint density at radius 1 is 1.19 bits per heavy atom. The molecule has 0 bridgehead atoms. The molecule has 1 heterocycles. The van der Waals surface area contributed by atoms with Gasteiger partial charge in [0.1, 0.15) is 11.3 Å². The van der Waals surface area contributed by atoms with Gasteiger partial charge in [-0.05, 0) is 29.8 Å². The lowest BCUT2D eigenvalue weighted by Gasteiger charge is -2.03. The standard InChI is InChI=1S/C20H17NO5S/c1-2-27(24,25)16-10-11-19-17(13-16)21-18(20(23)26-19)12-15(22)9-8-14-6-4-3-5-7-14/h3-13,22H,2H2,1H3/b9-8+,15-12-. The molecule has 138 valence electrons. The fraction of sp³-hybridized carbons (Fsp3) is 0.100. The number of nitrogens with zero attached hydrogens (tertiary/aromatic N) is 1. The quantitative estimate of drug-likeness (QED) is 0.534. The normalized spacial score (nSPS) is 12.7. The van der Waals surface area contributed by atoms with E-state index < -0.39 is 15.5 Å². The lowest BCUT2D eigenvalue weighted by atomic mass is 10.2. The molecule has 0 atom stereocenters. The number of aliphatic hydroxyl groups is 1. The molecule has 0 aliphatic rings. The number of aromatic nitrogens is 1. The van der Waals surface area contributed by atoms with E-state index in [9.17, 15) is 18.3 Å². The molecule has 1 N–H and O–H groups in total. The Kier molecular flexibility index (Phi) is 5.23. The van der Waals surface area contributed by atoms with Gasteiger partial charge in [-0.2, -0.15) is 0 Å². The summed E-state index contributed by atoms with van der Waals surface area (Å²) in [5.41, 5.74) is 0.420. The van der Waals surface area contributed by atoms with Gasteiger partial charge >= 0.3 is 5.63 Å². The summed E-state index contributed by atoms with van der Waals surface area (Å²) < 4.78 is 29.2. The third-order valence-corrected chi connectivity index (χ3v) is 5.59. The zero-order valence-corrected chi connectivity index (χ0v) is 15.3. The van der Waals surface area contributed by atoms with Crippen LogP contribution in [0.4, 0.5) is 0 Å². The first-order valence-electron chi connectivity index (χ1n) is 8.20. The fourth-order valence-corrected chi connectivity index (χ4v) is 3.28. The van der Waals surface area contributed by atoms with Crippen molar-refractivity contribution in [2.75, 3.05) is 5.75 Å². The Hall–Kier alpha value is -3.19. The highest BCUT2D eigenvalue weighted by atomic mass is 32.2. The van der Waals surface area contributed by atoms with Crippen molar-refractivity contribution >= 4 is 33.1 Å². The third kappa shape index (κ3) is 4.32. The lowest BCUT2D eigenvalue weighted by Crippen LogP contribution is -2.08. The first-order chi connectivity index (χ1) is 12.9. The average molecular weight is 383 g/mol. The number of aliphatic hydroxyl groups excluding tert-OH is 1. The average Bonchev–Trinajstić information content (AvgIpc) is 2.67. The summed E-state index contributed by atoms with van der Waals surface area (Å²) in [4.78, 5) is 16.3. The Bertz CT molecular complexity index is 1190. The van der Waals surface area contributed by atoms with Crippen molar-refractivity contribution in [2.24, 2.45) is 0 Å². The minimum atomic E-state index is -3.41. The van der Waals surface area contributed by atoms with Crippen LogP contribution in [0.3, 0.4) is 0 Å². The maximum absolute atomic E-state index is 12.1. The zero-order valence-electron chi connectivity index (χ0n) is 14.5. The third-order valence-electron chi connectivity index (χ3n) is 3.85. The van der Waals surface area contributed by atoms with Gasteiger partial charge in [0, 0.05) is 6.08 Å². The van der Waals surface area contributed by atoms with E-state index in [1.54, 1.807) is 13.0 Å². The summed E-state index contributed by atoms with van der Waals surface area (Å²) in [6, 6.07) is 13.5. The molecule has 0 radical (unpaired) electrons. The second-order valence-electron chi connectivity index (χ2n) is 5.73. The molecule has 3 aromatic rings. The zero-order chi connectivity index (χ0) is 19.4. The van der Waals surface area contributed by atoms with Crippen LogP contribution < -0.4 is 5.63 Å². The van der Waals surface area contributed by atoms with Crippen LogP contribution in [-0.4, -0.2) is 24.3 Å². The Morgan fingerprint density at radius 3 is 2.63 bits per heavy atom. The van der Waals surface area contributed by atoms with E-state index >= 15 is 0 Å². The van der Waals surface area contributed by atoms with Crippen LogP contribution in [0.1, 0.15) is 18.2 Å². The molecule has 0 unspecified atom stereocenters. The van der Waals surface area contributed by atoms with Crippen LogP contribution in [0.15, 0.2) is 74.5 Å². The first-order valence-corrected chi connectivity index (χ1v) is 9.86. The van der Waals surface area contributed by atoms with Gasteiger partial charge in [0.25, 0.3) is 0 Å². The monoisotopic (exact) mass is 383 g/mol. The second kappa shape index (κ2) is 7.59. The molecule has 0 spiro atoms. The number of benzene rings is 2. The number of hydrogen-bond acceptors (Lipinski definition) is 6. The van der Waals surface area contributed by atoms with Gasteiger partial charge in [-0.1, -0.05) is 43.3 Å². The van der Waals surface area contributed by atoms with Gasteiger partial charge in [-0.25, -0.2) is 18.2 Å². The van der Waals surface area contributed by atoms with E-state index in [1.807, 2.05) is 30.3 Å². The van der Waals surface area contributed by atoms with Gasteiger partial charge < -0.3 is 9.52 Å². The van der Waals surface area contributed by atoms with Gasteiger partial charge in [-0.15, -0.1) is 0 Å². The molecule has 1 aromatic heterocycles. The molecule has 7 heteroatoms. The SMILES string of the molecule is CCS(=O)(=O)c1ccc2oc(=O)c(/C=C(O)/C=C/c3ccccc3)nc2c1. The summed E-state index contributed by atoms with van der Waals surface area (Å²) >= 11 is 0. The number of allylic oxidation sites excluding steroid dienone is 1. The molecule has 0 aliphatic carbocycles. The van der Waals surface area contributed by atoms with Crippen molar-refractivity contribution in [1.29, 1.82) is 0 Å². The van der Waals surface area contributed by atoms with Crippen LogP contribution in [0.25, 0.3) is 23.3 Å². The molecular weight excluding hydrogens is 366 g/mol. The predicted octanol–water partition coefficient (Wildman–Crippen LogP) is 3.59. The van der Waals surface area contributed by atoms with E-state index in [0.717, 1.165) is 5.56 Å². The number of rotatable bonds is 5. The molecule has 6 nitrogen and oxygen atoms in total. The second-order valence-corrected chi connectivity index (χ2v) is 8.01. The molecule has 2 aromatic carbocycles. The predicted molar refractivity (Wildman–Crippen MR) is 104 cm³/mol. The largest absolute Gasteiger partial charge is 0.508 e. The van der Waals surface area contributed by atoms with Gasteiger partial charge in [0.2, 0.25) is 0 Å². The van der Waals surface area contributed by atoms with Crippen molar-refractivity contribution in [3.05, 3.63) is 82.0 Å². The Balaban J connectivity index is 1.99. The number of sulfone groups is 1. The maximum Gasteiger partial charge on any atom is 0.362 e. The van der Waals surface area contributed by atoms with Crippen LogP contribution in [0.2, 0.25) is 0 Å². The molecule has 0 amide bonds. The van der Waals surface area contributed by atoms with Crippen molar-refractivity contribution in [3.8, 4) is 0 Å². The molecule has 3 rings (SSSR count). The first kappa shape index (κ1) is 18.6. The van der Waals surface area contributed by atoms with E-state index in [0.29, 0.717) is 0 Å². The minimum Gasteiger partial charge on any atom is -0.508 e. The minimum absolute atomic E-state index is 0.0485. The summed E-state index contributed by atoms with van der Waals surface area (Å²) in [6.45, 7) is 1.54. The number of fused-ring (bicyclic) bond motifs is 1. The fourth-order valence-electron chi connectivity index (χ4n) is 2.38. The van der Waals surface area contributed by atoms with Crippen LogP contribution in [0, 0.1) is 0 Å². The van der Waals surface area contributed by atoms with Crippen molar-refractivity contribution in [3.63, 3.8) is 0 Å². The Morgan fingerprint density at radius 2 is 1.93 bits per heavy atom. The molecule has 0 fully saturated rings. The van der Waals surface area contributed by atoms with Crippen LogP contribution in [0.5, 0.6) is 0 Å².